The van der Waals surface area contributed by atoms with Crippen molar-refractivity contribution in [2.75, 3.05) is 5.32 Å². The first-order valence-corrected chi connectivity index (χ1v) is 12.3. The third-order valence-corrected chi connectivity index (χ3v) is 7.01. The molecule has 2 N–H and O–H groups in total. The average molecular weight is 513 g/mol. The van der Waals surface area contributed by atoms with Crippen LogP contribution in [-0.4, -0.2) is 28.9 Å². The predicted octanol–water partition coefficient (Wildman–Crippen LogP) is 4.72. The van der Waals surface area contributed by atoms with Crippen molar-refractivity contribution in [2.24, 2.45) is 5.92 Å². The summed E-state index contributed by atoms with van der Waals surface area (Å²) >= 11 is 0. The van der Waals surface area contributed by atoms with Crippen LogP contribution in [0, 0.1) is 25.0 Å². The van der Waals surface area contributed by atoms with E-state index in [-0.39, 0.29) is 31.2 Å². The largest absolute Gasteiger partial charge is 0.618 e. The molecule has 37 heavy (non-hydrogen) atoms. The molecule has 10 heteroatoms. The highest BCUT2D eigenvalue weighted by Gasteiger charge is 2.40. The minimum absolute atomic E-state index is 0.107. The van der Waals surface area contributed by atoms with E-state index in [0.717, 1.165) is 21.4 Å². The van der Waals surface area contributed by atoms with Crippen molar-refractivity contribution in [1.29, 1.82) is 0 Å². The molecule has 0 saturated heterocycles. The lowest BCUT2D eigenvalue weighted by Crippen LogP contribution is -2.50. The van der Waals surface area contributed by atoms with Gasteiger partial charge in [-0.3, -0.25) is 9.59 Å². The first-order chi connectivity index (χ1) is 17.6. The zero-order chi connectivity index (χ0) is 26.7. The molecule has 0 radical (unpaired) electrons. The summed E-state index contributed by atoms with van der Waals surface area (Å²) in [6, 6.07) is 7.73. The number of aromatic nitrogens is 2. The second-order valence-corrected chi connectivity index (χ2v) is 9.52. The van der Waals surface area contributed by atoms with Crippen LogP contribution in [0.15, 0.2) is 47.3 Å². The highest BCUT2D eigenvalue weighted by atomic mass is 19.3. The molecule has 1 saturated carbocycles. The number of hydrogen-bond donors (Lipinski definition) is 2. The molecule has 1 aromatic carbocycles. The maximum Gasteiger partial charge on any atom is 0.257 e. The number of halogens is 2. The van der Waals surface area contributed by atoms with E-state index in [1.807, 2.05) is 13.8 Å². The van der Waals surface area contributed by atoms with Gasteiger partial charge in [-0.2, -0.15) is 4.73 Å². The first-order valence-electron chi connectivity index (χ1n) is 12.3. The summed E-state index contributed by atoms with van der Waals surface area (Å²) in [6.07, 6.45) is 2.68. The summed E-state index contributed by atoms with van der Waals surface area (Å²) in [5, 5.41) is 21.4. The van der Waals surface area contributed by atoms with Gasteiger partial charge in [0.05, 0.1) is 11.3 Å². The first kappa shape index (κ1) is 26.2. The van der Waals surface area contributed by atoms with Crippen molar-refractivity contribution < 1.29 is 27.6 Å². The van der Waals surface area contributed by atoms with Crippen molar-refractivity contribution in [3.8, 4) is 11.1 Å². The van der Waals surface area contributed by atoms with Crippen molar-refractivity contribution in [2.45, 2.75) is 64.8 Å². The monoisotopic (exact) mass is 512 g/mol. The van der Waals surface area contributed by atoms with Gasteiger partial charge in [0, 0.05) is 31.5 Å². The molecular formula is C27H30F2N4O4. The highest BCUT2D eigenvalue weighted by molar-refractivity contribution is 6.01. The van der Waals surface area contributed by atoms with Gasteiger partial charge >= 0.3 is 0 Å². The maximum absolute atomic E-state index is 13.8. The Morgan fingerprint density at radius 3 is 2.51 bits per heavy atom. The molecule has 3 aromatic rings. The molecule has 0 bridgehead atoms. The van der Waals surface area contributed by atoms with Crippen molar-refractivity contribution in [3.05, 3.63) is 70.5 Å². The van der Waals surface area contributed by atoms with E-state index in [2.05, 4.69) is 15.8 Å². The molecule has 8 nitrogen and oxygen atoms in total. The molecule has 1 aliphatic rings. The SMILES string of the molecule is CCc1nocc1C(=O)N[C@H](C(=O)Nc1ccc(-c2c(C)cc[n+]([O-])c2C)cc1)C1CCC(F)(F)CC1. The van der Waals surface area contributed by atoms with Crippen LogP contribution < -0.4 is 15.4 Å². The molecule has 0 aliphatic heterocycles. The van der Waals surface area contributed by atoms with Crippen LogP contribution >= 0.6 is 0 Å². The number of benzene rings is 1. The number of carbonyl (C=O) groups excluding carboxylic acids is 2. The number of nitrogens with one attached hydrogen (secondary N) is 2. The van der Waals surface area contributed by atoms with Gasteiger partial charge in [0.15, 0.2) is 11.9 Å². The number of nitrogens with zero attached hydrogens (tertiary/aromatic N) is 2. The zero-order valence-corrected chi connectivity index (χ0v) is 21.0. The van der Waals surface area contributed by atoms with Gasteiger partial charge in [-0.15, -0.1) is 0 Å². The Morgan fingerprint density at radius 1 is 1.19 bits per heavy atom. The molecule has 2 amide bonds. The van der Waals surface area contributed by atoms with Crippen LogP contribution in [-0.2, 0) is 11.2 Å². The Kier molecular flexibility index (Phi) is 7.56. The third-order valence-electron chi connectivity index (χ3n) is 7.01. The minimum Gasteiger partial charge on any atom is -0.618 e. The lowest BCUT2D eigenvalue weighted by Gasteiger charge is -2.33. The number of aryl methyl sites for hydroxylation is 2. The van der Waals surface area contributed by atoms with Crippen LogP contribution in [0.3, 0.4) is 0 Å². The predicted molar refractivity (Wildman–Crippen MR) is 133 cm³/mol. The Morgan fingerprint density at radius 2 is 1.86 bits per heavy atom. The van der Waals surface area contributed by atoms with E-state index >= 15 is 0 Å². The van der Waals surface area contributed by atoms with Gasteiger partial charge in [0.1, 0.15) is 17.9 Å². The summed E-state index contributed by atoms with van der Waals surface area (Å²) < 4.78 is 33.3. The van der Waals surface area contributed by atoms with Crippen molar-refractivity contribution in [1.82, 2.24) is 10.5 Å². The Labute approximate surface area is 213 Å². The molecule has 196 valence electrons. The van der Waals surface area contributed by atoms with Gasteiger partial charge < -0.3 is 20.4 Å². The topological polar surface area (TPSA) is 111 Å². The summed E-state index contributed by atoms with van der Waals surface area (Å²) in [7, 11) is 0. The number of alkyl halides is 2. The lowest BCUT2D eigenvalue weighted by atomic mass is 9.81. The summed E-state index contributed by atoms with van der Waals surface area (Å²) in [5.74, 6) is -4.24. The molecule has 1 aliphatic carbocycles. The van der Waals surface area contributed by atoms with E-state index in [4.69, 9.17) is 4.52 Å². The van der Waals surface area contributed by atoms with Gasteiger partial charge in [-0.25, -0.2) is 8.78 Å². The molecule has 1 fully saturated rings. The van der Waals surface area contributed by atoms with Gasteiger partial charge in [-0.05, 0) is 55.4 Å². The third kappa shape index (κ3) is 5.79. The van der Waals surface area contributed by atoms with E-state index in [0.29, 0.717) is 23.5 Å². The molecule has 4 rings (SSSR count). The summed E-state index contributed by atoms with van der Waals surface area (Å²) in [5.41, 5.74) is 4.28. The van der Waals surface area contributed by atoms with E-state index in [9.17, 15) is 23.6 Å². The van der Waals surface area contributed by atoms with E-state index in [1.165, 1.54) is 12.5 Å². The van der Waals surface area contributed by atoms with Crippen LogP contribution in [0.2, 0.25) is 0 Å². The minimum atomic E-state index is -2.77. The molecular weight excluding hydrogens is 482 g/mol. The van der Waals surface area contributed by atoms with Crippen LogP contribution in [0.25, 0.3) is 11.1 Å². The number of rotatable bonds is 7. The lowest BCUT2D eigenvalue weighted by molar-refractivity contribution is -0.611. The van der Waals surface area contributed by atoms with Crippen LogP contribution in [0.5, 0.6) is 0 Å². The Bertz CT molecular complexity index is 1280. The van der Waals surface area contributed by atoms with E-state index in [1.54, 1.807) is 37.3 Å². The second kappa shape index (κ2) is 10.7. The number of carbonyl (C=O) groups is 2. The smallest absolute Gasteiger partial charge is 0.257 e. The van der Waals surface area contributed by atoms with Crippen LogP contribution in [0.1, 0.15) is 59.9 Å². The quantitative estimate of drug-likeness (QED) is 0.352. The van der Waals surface area contributed by atoms with Crippen LogP contribution in [0.4, 0.5) is 14.5 Å². The number of pyridine rings is 1. The second-order valence-electron chi connectivity index (χ2n) is 9.52. The molecule has 1 atom stereocenters. The van der Waals surface area contributed by atoms with E-state index < -0.39 is 29.7 Å². The molecule has 0 spiro atoms. The maximum atomic E-state index is 13.8. The number of anilines is 1. The number of hydrogen-bond acceptors (Lipinski definition) is 5. The summed E-state index contributed by atoms with van der Waals surface area (Å²) in [6.45, 7) is 5.48. The van der Waals surface area contributed by atoms with Gasteiger partial charge in [0.2, 0.25) is 11.8 Å². The fourth-order valence-electron chi connectivity index (χ4n) is 4.86. The van der Waals surface area contributed by atoms with Crippen molar-refractivity contribution in [3.63, 3.8) is 0 Å². The summed E-state index contributed by atoms with van der Waals surface area (Å²) in [4.78, 5) is 26.3. The highest BCUT2D eigenvalue weighted by Crippen LogP contribution is 2.38. The Balaban J connectivity index is 1.54. The number of amides is 2. The fraction of sp³-hybridized carbons (Fsp3) is 0.407. The standard InChI is InChI=1S/C27H30F2N4O4/c1-4-22-21(15-37-32-22)25(34)31-24(19-9-12-27(28,29)13-10-19)26(35)30-20-7-5-18(6-8-20)23-16(2)11-14-33(36)17(23)3/h5-8,11,14-15,19,24H,4,9-10,12-13H2,1-3H3,(H,30,35)(H,31,34)/t24-/m0/s1. The molecule has 2 aromatic heterocycles. The molecule has 0 unspecified atom stereocenters. The normalized spacial score (nSPS) is 16.2. The fourth-order valence-corrected chi connectivity index (χ4v) is 4.86. The average Bonchev–Trinajstić information content (AvgIpc) is 3.35. The van der Waals surface area contributed by atoms with Gasteiger partial charge in [0.25, 0.3) is 5.91 Å². The molecule has 2 heterocycles. The van der Waals surface area contributed by atoms with Gasteiger partial charge in [-0.1, -0.05) is 24.2 Å². The zero-order valence-electron chi connectivity index (χ0n) is 21.0. The Hall–Kier alpha value is -3.82. The van der Waals surface area contributed by atoms with Crippen molar-refractivity contribution >= 4 is 17.5 Å².